The molecule has 0 amide bonds. The van der Waals surface area contributed by atoms with Crippen LogP contribution in [0.3, 0.4) is 0 Å². The standard InChI is InChI=1S/2C7H7NS2.Cu/c2*9-7(10)8-6-4-2-1-3-5-6;/h2*1-5H,(H2,8,9,10);/q;;+2. The van der Waals surface area contributed by atoms with E-state index in [0.29, 0.717) is 8.64 Å². The number of rotatable bonds is 2. The van der Waals surface area contributed by atoms with Crippen molar-refractivity contribution >= 4 is 69.7 Å². The third-order valence-corrected chi connectivity index (χ3v) is 2.48. The molecule has 0 atom stereocenters. The summed E-state index contributed by atoms with van der Waals surface area (Å²) in [6.07, 6.45) is 0. The Morgan fingerprint density at radius 3 is 1.19 bits per heavy atom. The van der Waals surface area contributed by atoms with Gasteiger partial charge in [-0.05, 0) is 24.3 Å². The van der Waals surface area contributed by atoms with Gasteiger partial charge in [-0.2, -0.15) is 0 Å². The quantitative estimate of drug-likeness (QED) is 0.335. The predicted octanol–water partition coefficient (Wildman–Crippen LogP) is 4.62. The van der Waals surface area contributed by atoms with Crippen LogP contribution in [0.4, 0.5) is 11.4 Å². The van der Waals surface area contributed by atoms with Gasteiger partial charge in [0.05, 0.1) is 0 Å². The zero-order chi connectivity index (χ0) is 14.8. The van der Waals surface area contributed by atoms with Gasteiger partial charge in [-0.15, -0.1) is 25.3 Å². The Labute approximate surface area is 157 Å². The van der Waals surface area contributed by atoms with Crippen LogP contribution in [0.2, 0.25) is 0 Å². The van der Waals surface area contributed by atoms with E-state index in [9.17, 15) is 0 Å². The zero-order valence-corrected chi connectivity index (χ0v) is 15.1. The molecule has 113 valence electrons. The van der Waals surface area contributed by atoms with Crippen molar-refractivity contribution in [2.45, 2.75) is 0 Å². The van der Waals surface area contributed by atoms with Crippen LogP contribution in [0.1, 0.15) is 0 Å². The summed E-state index contributed by atoms with van der Waals surface area (Å²) in [5.74, 6) is 0. The second-order valence-electron chi connectivity index (χ2n) is 3.59. The smallest absolute Gasteiger partial charge is 0.341 e. The molecule has 0 aliphatic rings. The Morgan fingerprint density at radius 2 is 0.952 bits per heavy atom. The van der Waals surface area contributed by atoms with E-state index in [2.05, 4.69) is 35.9 Å². The van der Waals surface area contributed by atoms with Crippen LogP contribution < -0.4 is 10.6 Å². The van der Waals surface area contributed by atoms with Crippen molar-refractivity contribution in [3.63, 3.8) is 0 Å². The second-order valence-corrected chi connectivity index (χ2v) is 5.91. The maximum absolute atomic E-state index is 4.73. The van der Waals surface area contributed by atoms with E-state index in [1.807, 2.05) is 60.7 Å². The first kappa shape index (κ1) is 20.4. The summed E-state index contributed by atoms with van der Waals surface area (Å²) >= 11 is 17.3. The first-order chi connectivity index (χ1) is 9.58. The molecule has 0 aliphatic carbocycles. The van der Waals surface area contributed by atoms with E-state index < -0.39 is 0 Å². The van der Waals surface area contributed by atoms with Crippen molar-refractivity contribution in [3.05, 3.63) is 60.7 Å². The molecule has 0 saturated heterocycles. The molecule has 2 nitrogen and oxygen atoms in total. The van der Waals surface area contributed by atoms with Crippen molar-refractivity contribution in [1.29, 1.82) is 0 Å². The average Bonchev–Trinajstić information content (AvgIpc) is 2.40. The number of anilines is 2. The number of para-hydroxylation sites is 2. The summed E-state index contributed by atoms with van der Waals surface area (Å²) < 4.78 is 0.984. The van der Waals surface area contributed by atoms with Crippen LogP contribution >= 0.6 is 49.7 Å². The zero-order valence-electron chi connectivity index (χ0n) is 10.8. The van der Waals surface area contributed by atoms with Gasteiger partial charge in [0.2, 0.25) is 0 Å². The van der Waals surface area contributed by atoms with E-state index in [1.165, 1.54) is 0 Å². The summed E-state index contributed by atoms with van der Waals surface area (Å²) in [4.78, 5) is 0. The van der Waals surface area contributed by atoms with Gasteiger partial charge in [0.25, 0.3) is 0 Å². The molecule has 0 fully saturated rings. The number of nitrogens with one attached hydrogen (secondary N) is 2. The molecule has 0 bridgehead atoms. The predicted molar refractivity (Wildman–Crippen MR) is 103 cm³/mol. The third kappa shape index (κ3) is 10.8. The average molecular weight is 402 g/mol. The SMILES string of the molecule is S=C(S)Nc1ccccc1.S=C(S)Nc1ccccc1.[Cu+2]. The van der Waals surface area contributed by atoms with E-state index in [1.54, 1.807) is 0 Å². The van der Waals surface area contributed by atoms with Gasteiger partial charge in [-0.25, -0.2) is 0 Å². The molecule has 0 aliphatic heterocycles. The van der Waals surface area contributed by atoms with E-state index >= 15 is 0 Å². The Morgan fingerprint density at radius 1 is 0.667 bits per heavy atom. The summed E-state index contributed by atoms with van der Waals surface area (Å²) in [6.45, 7) is 0. The van der Waals surface area contributed by atoms with Crippen molar-refractivity contribution in [1.82, 2.24) is 0 Å². The maximum Gasteiger partial charge on any atom is 2.00 e. The Bertz CT molecular complexity index is 498. The van der Waals surface area contributed by atoms with Gasteiger partial charge in [-0.3, -0.25) is 0 Å². The molecule has 2 N–H and O–H groups in total. The van der Waals surface area contributed by atoms with Crippen molar-refractivity contribution < 1.29 is 17.1 Å². The monoisotopic (exact) mass is 401 g/mol. The molecule has 2 rings (SSSR count). The Balaban J connectivity index is 0.000000364. The number of thiol groups is 2. The van der Waals surface area contributed by atoms with Crippen LogP contribution in [-0.4, -0.2) is 8.64 Å². The van der Waals surface area contributed by atoms with Crippen molar-refractivity contribution in [2.24, 2.45) is 0 Å². The maximum atomic E-state index is 4.73. The summed E-state index contributed by atoms with van der Waals surface area (Å²) in [7, 11) is 0. The Kier molecular flexibility index (Phi) is 11.7. The van der Waals surface area contributed by atoms with Gasteiger partial charge in [0.1, 0.15) is 8.64 Å². The summed E-state index contributed by atoms with van der Waals surface area (Å²) in [6, 6.07) is 19.4. The third-order valence-electron chi connectivity index (χ3n) is 2.05. The fraction of sp³-hybridized carbons (Fsp3) is 0. The molecule has 0 heterocycles. The molecule has 0 saturated carbocycles. The van der Waals surface area contributed by atoms with E-state index in [-0.39, 0.29) is 17.1 Å². The molecule has 2 aromatic carbocycles. The fourth-order valence-electron chi connectivity index (χ4n) is 1.29. The molecule has 0 unspecified atom stereocenters. The van der Waals surface area contributed by atoms with Gasteiger partial charge in [0, 0.05) is 11.4 Å². The van der Waals surface area contributed by atoms with Crippen molar-refractivity contribution in [2.75, 3.05) is 10.6 Å². The molecule has 1 radical (unpaired) electrons. The fourth-order valence-corrected chi connectivity index (χ4v) is 1.78. The molecule has 2 aromatic rings. The summed E-state index contributed by atoms with van der Waals surface area (Å²) in [5.41, 5.74) is 1.95. The van der Waals surface area contributed by atoms with Crippen LogP contribution in [0, 0.1) is 0 Å². The van der Waals surface area contributed by atoms with Crippen LogP contribution in [0.15, 0.2) is 60.7 Å². The van der Waals surface area contributed by atoms with Crippen LogP contribution in [-0.2, 0) is 17.1 Å². The molecule has 0 aromatic heterocycles. The molecular weight excluding hydrogens is 388 g/mol. The molecular formula is C14H14CuN2S4+2. The van der Waals surface area contributed by atoms with Crippen molar-refractivity contribution in [3.8, 4) is 0 Å². The largest absolute Gasteiger partial charge is 2.00 e. The minimum atomic E-state index is 0. The first-order valence-corrected chi connectivity index (χ1v) is 7.39. The number of benzene rings is 2. The minimum absolute atomic E-state index is 0. The van der Waals surface area contributed by atoms with E-state index in [0.717, 1.165) is 11.4 Å². The van der Waals surface area contributed by atoms with E-state index in [4.69, 9.17) is 24.4 Å². The summed E-state index contributed by atoms with van der Waals surface area (Å²) in [5, 5.41) is 5.80. The number of hydrogen-bond acceptors (Lipinski definition) is 2. The van der Waals surface area contributed by atoms with Crippen LogP contribution in [0.25, 0.3) is 0 Å². The Hall–Kier alpha value is -0.561. The first-order valence-electron chi connectivity index (χ1n) is 5.68. The number of hydrogen-bond donors (Lipinski definition) is 4. The topological polar surface area (TPSA) is 24.1 Å². The van der Waals surface area contributed by atoms with Gasteiger partial charge >= 0.3 is 17.1 Å². The molecule has 21 heavy (non-hydrogen) atoms. The number of thiocarbonyl (C=S) groups is 2. The molecule has 0 spiro atoms. The molecule has 7 heteroatoms. The van der Waals surface area contributed by atoms with Gasteiger partial charge in [-0.1, -0.05) is 60.8 Å². The second kappa shape index (κ2) is 12.0. The van der Waals surface area contributed by atoms with Gasteiger partial charge in [0.15, 0.2) is 0 Å². The van der Waals surface area contributed by atoms with Crippen LogP contribution in [0.5, 0.6) is 0 Å². The minimum Gasteiger partial charge on any atom is -0.341 e. The van der Waals surface area contributed by atoms with Gasteiger partial charge < -0.3 is 10.6 Å². The normalized spacial score (nSPS) is 8.48.